The van der Waals surface area contributed by atoms with Gasteiger partial charge in [0.15, 0.2) is 0 Å². The first-order valence-corrected chi connectivity index (χ1v) is 6.07. The van der Waals surface area contributed by atoms with Crippen molar-refractivity contribution in [2.75, 3.05) is 6.54 Å². The van der Waals surface area contributed by atoms with E-state index >= 15 is 0 Å². The molecule has 0 rings (SSSR count). The third kappa shape index (κ3) is 13.1. The molecule has 2 N–H and O–H groups in total. The van der Waals surface area contributed by atoms with E-state index < -0.39 is 0 Å². The van der Waals surface area contributed by atoms with Crippen LogP contribution in [0.25, 0.3) is 0 Å². The molecular formula is C14H23N. The summed E-state index contributed by atoms with van der Waals surface area (Å²) >= 11 is 0. The van der Waals surface area contributed by atoms with Crippen LogP contribution in [0.5, 0.6) is 0 Å². The van der Waals surface area contributed by atoms with E-state index in [0.717, 1.165) is 6.42 Å². The van der Waals surface area contributed by atoms with Crippen molar-refractivity contribution >= 4 is 0 Å². The molecule has 15 heavy (non-hydrogen) atoms. The van der Waals surface area contributed by atoms with Crippen molar-refractivity contribution in [3.05, 3.63) is 0 Å². The van der Waals surface area contributed by atoms with Crippen molar-refractivity contribution in [1.82, 2.24) is 0 Å². The molecule has 0 saturated carbocycles. The molecule has 0 aliphatic heterocycles. The molecule has 0 spiro atoms. The molecule has 1 nitrogen and oxygen atoms in total. The zero-order valence-electron chi connectivity index (χ0n) is 9.94. The summed E-state index contributed by atoms with van der Waals surface area (Å²) in [6, 6.07) is 0. The lowest BCUT2D eigenvalue weighted by Gasteiger charge is -1.97. The lowest BCUT2D eigenvalue weighted by molar-refractivity contribution is 0.594. The largest absolute Gasteiger partial charge is 0.320 e. The molecule has 84 valence electrons. The minimum atomic E-state index is 0.409. The maximum absolute atomic E-state index is 5.21. The van der Waals surface area contributed by atoms with Crippen LogP contribution in [-0.4, -0.2) is 6.54 Å². The van der Waals surface area contributed by atoms with Crippen molar-refractivity contribution in [2.45, 2.75) is 58.3 Å². The van der Waals surface area contributed by atoms with E-state index in [4.69, 9.17) is 5.73 Å². The second-order valence-electron chi connectivity index (χ2n) is 3.68. The Morgan fingerprint density at radius 1 is 0.800 bits per heavy atom. The van der Waals surface area contributed by atoms with Crippen molar-refractivity contribution in [3.8, 4) is 23.7 Å². The zero-order chi connectivity index (χ0) is 11.2. The van der Waals surface area contributed by atoms with E-state index in [1.54, 1.807) is 0 Å². The maximum atomic E-state index is 5.21. The average Bonchev–Trinajstić information content (AvgIpc) is 2.26. The highest BCUT2D eigenvalue weighted by molar-refractivity contribution is 5.25. The number of nitrogens with two attached hydrogens (primary N) is 1. The van der Waals surface area contributed by atoms with Crippen LogP contribution in [-0.2, 0) is 0 Å². The molecule has 0 saturated heterocycles. The highest BCUT2D eigenvalue weighted by Crippen LogP contribution is 2.07. The van der Waals surface area contributed by atoms with E-state index in [1.807, 2.05) is 0 Å². The summed E-state index contributed by atoms with van der Waals surface area (Å²) in [6.45, 7) is 2.66. The molecule has 0 aromatic carbocycles. The third-order valence-electron chi connectivity index (χ3n) is 2.25. The fraction of sp³-hybridized carbons (Fsp3) is 0.714. The molecule has 0 aliphatic carbocycles. The van der Waals surface area contributed by atoms with Gasteiger partial charge in [0.1, 0.15) is 0 Å². The van der Waals surface area contributed by atoms with Crippen LogP contribution in [0.15, 0.2) is 0 Å². The van der Waals surface area contributed by atoms with E-state index in [9.17, 15) is 0 Å². The Labute approximate surface area is 94.8 Å². The summed E-state index contributed by atoms with van der Waals surface area (Å²) in [5.74, 6) is 11.3. The van der Waals surface area contributed by atoms with Gasteiger partial charge in [0.2, 0.25) is 0 Å². The fourth-order valence-corrected chi connectivity index (χ4v) is 1.37. The smallest absolute Gasteiger partial charge is 0.0561 e. The first kappa shape index (κ1) is 14.1. The quantitative estimate of drug-likeness (QED) is 0.501. The standard InChI is InChI=1S/C14H23N/c1-2-3-4-5-6-7-8-9-10-11-12-13-14-15/h2-9,14-15H2,1H3. The van der Waals surface area contributed by atoms with Crippen LogP contribution in [0.3, 0.4) is 0 Å². The van der Waals surface area contributed by atoms with Crippen molar-refractivity contribution in [1.29, 1.82) is 0 Å². The Morgan fingerprint density at radius 3 is 2.07 bits per heavy atom. The first-order valence-electron chi connectivity index (χ1n) is 6.07. The molecule has 0 amide bonds. The summed E-state index contributed by atoms with van der Waals surface area (Å²) in [5.41, 5.74) is 5.21. The minimum Gasteiger partial charge on any atom is -0.320 e. The van der Waals surface area contributed by atoms with Crippen LogP contribution in [0.1, 0.15) is 58.3 Å². The molecule has 0 heterocycles. The second-order valence-corrected chi connectivity index (χ2v) is 3.68. The molecule has 0 aliphatic rings. The molecule has 1 heteroatoms. The van der Waals surface area contributed by atoms with Crippen LogP contribution in [0, 0.1) is 23.7 Å². The minimum absolute atomic E-state index is 0.409. The third-order valence-corrected chi connectivity index (χ3v) is 2.25. The Balaban J connectivity index is 3.13. The number of hydrogen-bond acceptors (Lipinski definition) is 1. The Morgan fingerprint density at radius 2 is 1.40 bits per heavy atom. The first-order chi connectivity index (χ1) is 7.41. The summed E-state index contributed by atoms with van der Waals surface area (Å²) in [6.07, 6.45) is 10.3. The van der Waals surface area contributed by atoms with E-state index in [0.29, 0.717) is 6.54 Å². The van der Waals surface area contributed by atoms with Gasteiger partial charge in [-0.2, -0.15) is 0 Å². The number of hydrogen-bond donors (Lipinski definition) is 1. The maximum Gasteiger partial charge on any atom is 0.0561 e. The van der Waals surface area contributed by atoms with E-state index in [1.165, 1.54) is 44.9 Å². The normalized spacial score (nSPS) is 8.67. The predicted molar refractivity (Wildman–Crippen MR) is 67.2 cm³/mol. The van der Waals surface area contributed by atoms with Gasteiger partial charge in [0, 0.05) is 6.42 Å². The number of unbranched alkanes of at least 4 members (excludes halogenated alkanes) is 7. The lowest BCUT2D eigenvalue weighted by Crippen LogP contribution is -1.92. The summed E-state index contributed by atoms with van der Waals surface area (Å²) in [5, 5.41) is 0. The van der Waals surface area contributed by atoms with Gasteiger partial charge in [-0.3, -0.25) is 0 Å². The average molecular weight is 205 g/mol. The topological polar surface area (TPSA) is 26.0 Å². The predicted octanol–water partition coefficient (Wildman–Crippen LogP) is 3.09. The van der Waals surface area contributed by atoms with Crippen LogP contribution in [0.4, 0.5) is 0 Å². The Hall–Kier alpha value is -0.920. The van der Waals surface area contributed by atoms with Crippen LogP contribution >= 0.6 is 0 Å². The molecule has 0 radical (unpaired) electrons. The van der Waals surface area contributed by atoms with Crippen LogP contribution in [0.2, 0.25) is 0 Å². The monoisotopic (exact) mass is 205 g/mol. The molecule has 0 aromatic heterocycles. The van der Waals surface area contributed by atoms with Gasteiger partial charge in [-0.05, 0) is 18.3 Å². The van der Waals surface area contributed by atoms with Gasteiger partial charge >= 0.3 is 0 Å². The van der Waals surface area contributed by atoms with Gasteiger partial charge in [0.25, 0.3) is 0 Å². The summed E-state index contributed by atoms with van der Waals surface area (Å²) in [7, 11) is 0. The molecule has 0 bridgehead atoms. The van der Waals surface area contributed by atoms with Gasteiger partial charge in [-0.25, -0.2) is 0 Å². The lowest BCUT2D eigenvalue weighted by atomic mass is 10.1. The van der Waals surface area contributed by atoms with Gasteiger partial charge < -0.3 is 5.73 Å². The van der Waals surface area contributed by atoms with Gasteiger partial charge in [-0.15, -0.1) is 0 Å². The van der Waals surface area contributed by atoms with Crippen LogP contribution < -0.4 is 5.73 Å². The Kier molecular flexibility index (Phi) is 12.3. The number of rotatable bonds is 7. The highest BCUT2D eigenvalue weighted by Gasteiger charge is 1.88. The second kappa shape index (κ2) is 13.1. The van der Waals surface area contributed by atoms with Crippen molar-refractivity contribution < 1.29 is 0 Å². The van der Waals surface area contributed by atoms with Crippen molar-refractivity contribution in [3.63, 3.8) is 0 Å². The molecular weight excluding hydrogens is 182 g/mol. The van der Waals surface area contributed by atoms with Gasteiger partial charge in [0.05, 0.1) is 6.54 Å². The summed E-state index contributed by atoms with van der Waals surface area (Å²) in [4.78, 5) is 0. The van der Waals surface area contributed by atoms with Gasteiger partial charge in [-0.1, -0.05) is 57.3 Å². The Bertz CT molecular complexity index is 234. The molecule has 0 atom stereocenters. The summed E-state index contributed by atoms with van der Waals surface area (Å²) < 4.78 is 0. The fourth-order valence-electron chi connectivity index (χ4n) is 1.37. The highest BCUT2D eigenvalue weighted by atomic mass is 14.5. The van der Waals surface area contributed by atoms with E-state index in [2.05, 4.69) is 30.6 Å². The molecule has 0 fully saturated rings. The zero-order valence-corrected chi connectivity index (χ0v) is 9.94. The SMILES string of the molecule is CCCCCCCCCC#CC#CCN. The molecule has 0 aromatic rings. The molecule has 0 unspecified atom stereocenters. The van der Waals surface area contributed by atoms with E-state index in [-0.39, 0.29) is 0 Å². The van der Waals surface area contributed by atoms with Crippen molar-refractivity contribution in [2.24, 2.45) is 5.73 Å².